The molecule has 1 heterocycles. The van der Waals surface area contributed by atoms with Crippen molar-refractivity contribution in [1.29, 1.82) is 0 Å². The van der Waals surface area contributed by atoms with Gasteiger partial charge in [0.25, 0.3) is 0 Å². The molecule has 0 saturated carbocycles. The third-order valence-electron chi connectivity index (χ3n) is 3.08. The monoisotopic (exact) mass is 311 g/mol. The van der Waals surface area contributed by atoms with E-state index in [9.17, 15) is 17.6 Å². The largest absolute Gasteiger partial charge is 0.373 e. The third kappa shape index (κ3) is 5.28. The van der Waals surface area contributed by atoms with E-state index in [0.717, 1.165) is 11.4 Å². The summed E-state index contributed by atoms with van der Waals surface area (Å²) in [5.74, 6) is -4.11. The van der Waals surface area contributed by atoms with Crippen LogP contribution in [-0.4, -0.2) is 48.4 Å². The van der Waals surface area contributed by atoms with Crippen molar-refractivity contribution in [2.24, 2.45) is 0 Å². The molecule has 0 bridgehead atoms. The van der Waals surface area contributed by atoms with Gasteiger partial charge in [-0.1, -0.05) is 0 Å². The van der Waals surface area contributed by atoms with Gasteiger partial charge in [-0.15, -0.1) is 0 Å². The van der Waals surface area contributed by atoms with E-state index in [0.29, 0.717) is 13.0 Å². The van der Waals surface area contributed by atoms with Crippen LogP contribution in [0.4, 0.5) is 17.6 Å². The minimum absolute atomic E-state index is 0.0766. The molecule has 21 heavy (non-hydrogen) atoms. The molecule has 1 aromatic heterocycles. The zero-order valence-corrected chi connectivity index (χ0v) is 12.4. The Morgan fingerprint density at radius 2 is 2.10 bits per heavy atom. The Labute approximate surface area is 121 Å². The Bertz CT molecular complexity index is 437. The maximum atomic E-state index is 12.7. The van der Waals surface area contributed by atoms with Gasteiger partial charge in [0, 0.05) is 24.7 Å². The lowest BCUT2D eigenvalue weighted by Gasteiger charge is -2.20. The Morgan fingerprint density at radius 3 is 2.62 bits per heavy atom. The topological polar surface area (TPSA) is 39.1 Å². The van der Waals surface area contributed by atoms with Crippen molar-refractivity contribution in [2.45, 2.75) is 45.2 Å². The minimum Gasteiger partial charge on any atom is -0.373 e. The van der Waals surface area contributed by atoms with Crippen molar-refractivity contribution in [3.05, 3.63) is 17.5 Å². The molecule has 122 valence electrons. The van der Waals surface area contributed by atoms with Gasteiger partial charge in [0.1, 0.15) is 6.61 Å². The van der Waals surface area contributed by atoms with E-state index in [1.54, 1.807) is 7.05 Å². The number of ether oxygens (including phenoxy) is 1. The highest BCUT2D eigenvalue weighted by atomic mass is 19.3. The number of hydrogen-bond acceptors (Lipinski definition) is 3. The normalized spacial score (nSPS) is 13.9. The molecule has 1 rings (SSSR count). The molecular formula is C13H21F4N3O. The number of aromatic nitrogens is 2. The highest BCUT2D eigenvalue weighted by molar-refractivity contribution is 5.10. The van der Waals surface area contributed by atoms with Crippen LogP contribution in [0.25, 0.3) is 0 Å². The van der Waals surface area contributed by atoms with Crippen LogP contribution in [0, 0.1) is 6.92 Å². The van der Waals surface area contributed by atoms with Gasteiger partial charge in [-0.25, -0.2) is 8.78 Å². The number of aryl methyl sites for hydroxylation is 2. The average molecular weight is 311 g/mol. The van der Waals surface area contributed by atoms with Crippen LogP contribution in [-0.2, 0) is 17.7 Å². The van der Waals surface area contributed by atoms with E-state index >= 15 is 0 Å². The molecule has 1 N–H and O–H groups in total. The summed E-state index contributed by atoms with van der Waals surface area (Å²) in [6, 6.07) is 1.65. The van der Waals surface area contributed by atoms with Crippen molar-refractivity contribution < 1.29 is 22.3 Å². The van der Waals surface area contributed by atoms with Crippen LogP contribution in [0.5, 0.6) is 0 Å². The number of likely N-dealkylation sites (N-methyl/N-ethyl adjacent to an activating group) is 1. The highest BCUT2D eigenvalue weighted by Crippen LogP contribution is 2.22. The standard InChI is InChI=1S/C13H21F4N3O/c1-4-20-11(5-9(2)19-20)6-10(18-3)7-21-8-13(16,17)12(14)15/h5,10,12,18H,4,6-8H2,1-3H3. The van der Waals surface area contributed by atoms with Gasteiger partial charge in [-0.2, -0.15) is 13.9 Å². The maximum absolute atomic E-state index is 12.7. The first-order chi connectivity index (χ1) is 9.80. The molecule has 1 atom stereocenters. The predicted octanol–water partition coefficient (Wildman–Crippen LogP) is 2.26. The molecular weight excluding hydrogens is 290 g/mol. The number of nitrogens with one attached hydrogen (secondary N) is 1. The molecule has 4 nitrogen and oxygen atoms in total. The number of halogens is 4. The summed E-state index contributed by atoms with van der Waals surface area (Å²) in [5, 5.41) is 7.22. The van der Waals surface area contributed by atoms with Gasteiger partial charge in [-0.05, 0) is 27.0 Å². The Morgan fingerprint density at radius 1 is 1.43 bits per heavy atom. The van der Waals surface area contributed by atoms with Crippen molar-refractivity contribution in [3.63, 3.8) is 0 Å². The Kier molecular flexibility index (Phi) is 6.60. The molecule has 0 amide bonds. The maximum Gasteiger partial charge on any atom is 0.330 e. The lowest BCUT2D eigenvalue weighted by Crippen LogP contribution is -2.37. The Balaban J connectivity index is 2.52. The minimum atomic E-state index is -4.11. The lowest BCUT2D eigenvalue weighted by molar-refractivity contribution is -0.166. The molecule has 1 aromatic rings. The summed E-state index contributed by atoms with van der Waals surface area (Å²) in [6.07, 6.45) is -3.19. The van der Waals surface area contributed by atoms with E-state index < -0.39 is 19.0 Å². The van der Waals surface area contributed by atoms with Crippen LogP contribution < -0.4 is 5.32 Å². The number of alkyl halides is 4. The fraction of sp³-hybridized carbons (Fsp3) is 0.769. The molecule has 1 unspecified atom stereocenters. The van der Waals surface area contributed by atoms with E-state index in [2.05, 4.69) is 10.4 Å². The zero-order valence-electron chi connectivity index (χ0n) is 12.4. The molecule has 0 saturated heterocycles. The van der Waals surface area contributed by atoms with E-state index in [1.807, 2.05) is 24.6 Å². The van der Waals surface area contributed by atoms with Crippen molar-refractivity contribution in [2.75, 3.05) is 20.3 Å². The summed E-state index contributed by atoms with van der Waals surface area (Å²) in [6.45, 7) is 3.15. The molecule has 0 aromatic carbocycles. The summed E-state index contributed by atoms with van der Waals surface area (Å²) in [5.41, 5.74) is 1.81. The van der Waals surface area contributed by atoms with Crippen LogP contribution in [0.15, 0.2) is 6.07 Å². The van der Waals surface area contributed by atoms with E-state index in [-0.39, 0.29) is 12.6 Å². The molecule has 0 aliphatic heterocycles. The third-order valence-corrected chi connectivity index (χ3v) is 3.08. The van der Waals surface area contributed by atoms with Gasteiger partial charge in [0.05, 0.1) is 12.3 Å². The van der Waals surface area contributed by atoms with Crippen LogP contribution >= 0.6 is 0 Å². The Hall–Kier alpha value is -1.15. The summed E-state index contributed by atoms with van der Waals surface area (Å²) >= 11 is 0. The first-order valence-corrected chi connectivity index (χ1v) is 6.74. The first kappa shape index (κ1) is 17.9. The quantitative estimate of drug-likeness (QED) is 0.711. The second kappa shape index (κ2) is 7.74. The van der Waals surface area contributed by atoms with Gasteiger partial charge in [-0.3, -0.25) is 4.68 Å². The molecule has 0 fully saturated rings. The number of hydrogen-bond donors (Lipinski definition) is 1. The molecule has 0 spiro atoms. The molecule has 8 heteroatoms. The lowest BCUT2D eigenvalue weighted by atomic mass is 10.1. The van der Waals surface area contributed by atoms with Gasteiger partial charge < -0.3 is 10.1 Å². The number of rotatable bonds is 9. The van der Waals surface area contributed by atoms with Crippen molar-refractivity contribution in [1.82, 2.24) is 15.1 Å². The summed E-state index contributed by atoms with van der Waals surface area (Å²) in [4.78, 5) is 0. The van der Waals surface area contributed by atoms with E-state index in [1.165, 1.54) is 0 Å². The van der Waals surface area contributed by atoms with Crippen LogP contribution in [0.2, 0.25) is 0 Å². The average Bonchev–Trinajstić information content (AvgIpc) is 2.77. The number of nitrogens with zero attached hydrogens (tertiary/aromatic N) is 2. The predicted molar refractivity (Wildman–Crippen MR) is 71.0 cm³/mol. The fourth-order valence-corrected chi connectivity index (χ4v) is 1.93. The molecule has 0 aliphatic carbocycles. The fourth-order valence-electron chi connectivity index (χ4n) is 1.93. The smallest absolute Gasteiger partial charge is 0.330 e. The van der Waals surface area contributed by atoms with Gasteiger partial charge in [0.15, 0.2) is 0 Å². The highest BCUT2D eigenvalue weighted by Gasteiger charge is 2.41. The van der Waals surface area contributed by atoms with Crippen molar-refractivity contribution in [3.8, 4) is 0 Å². The van der Waals surface area contributed by atoms with Gasteiger partial charge >= 0.3 is 12.3 Å². The summed E-state index contributed by atoms with van der Waals surface area (Å²) in [7, 11) is 1.67. The summed E-state index contributed by atoms with van der Waals surface area (Å²) < 4.78 is 56.1. The van der Waals surface area contributed by atoms with Gasteiger partial charge in [0.2, 0.25) is 0 Å². The van der Waals surface area contributed by atoms with Crippen LogP contribution in [0.1, 0.15) is 18.3 Å². The SMILES string of the molecule is CCn1nc(C)cc1CC(COCC(F)(F)C(F)F)NC. The first-order valence-electron chi connectivity index (χ1n) is 6.74. The second-order valence-corrected chi connectivity index (χ2v) is 4.86. The van der Waals surface area contributed by atoms with Crippen molar-refractivity contribution >= 4 is 0 Å². The van der Waals surface area contributed by atoms with E-state index in [4.69, 9.17) is 4.74 Å². The molecule has 0 aliphatic rings. The second-order valence-electron chi connectivity index (χ2n) is 4.86. The zero-order chi connectivity index (χ0) is 16.0. The van der Waals surface area contributed by atoms with Crippen LogP contribution in [0.3, 0.4) is 0 Å². The molecule has 0 radical (unpaired) electrons.